The lowest BCUT2D eigenvalue weighted by Crippen LogP contribution is -2.42. The van der Waals surface area contributed by atoms with Crippen LogP contribution in [0.5, 0.6) is 0 Å². The van der Waals surface area contributed by atoms with E-state index in [1.165, 1.54) is 12.8 Å². The van der Waals surface area contributed by atoms with Gasteiger partial charge in [0.1, 0.15) is 12.0 Å². The number of carbonyl (C=O) groups excluding carboxylic acids is 1. The first-order valence-electron chi connectivity index (χ1n) is 9.70. The maximum Gasteiger partial charge on any atom is 0.255 e. The highest BCUT2D eigenvalue weighted by Gasteiger charge is 2.30. The van der Waals surface area contributed by atoms with Gasteiger partial charge in [-0.25, -0.2) is 4.98 Å². The first kappa shape index (κ1) is 17.0. The quantitative estimate of drug-likeness (QED) is 0.476. The lowest BCUT2D eigenvalue weighted by atomic mass is 9.91. The van der Waals surface area contributed by atoms with Crippen molar-refractivity contribution in [2.75, 3.05) is 10.6 Å². The van der Waals surface area contributed by atoms with E-state index in [4.69, 9.17) is 5.73 Å². The summed E-state index contributed by atoms with van der Waals surface area (Å²) in [5.74, 6) is 0.636. The third-order valence-corrected chi connectivity index (χ3v) is 5.67. The highest BCUT2D eigenvalue weighted by Crippen LogP contribution is 2.30. The zero-order valence-corrected chi connectivity index (χ0v) is 15.4. The largest absolute Gasteiger partial charge is 0.366 e. The Hall–Kier alpha value is -3.13. The predicted octanol–water partition coefficient (Wildman–Crippen LogP) is 2.49. The number of amides is 1. The minimum Gasteiger partial charge on any atom is -0.366 e. The van der Waals surface area contributed by atoms with Gasteiger partial charge in [0.15, 0.2) is 0 Å². The lowest BCUT2D eigenvalue weighted by molar-refractivity contribution is 0.0959. The molecule has 0 saturated heterocycles. The summed E-state index contributed by atoms with van der Waals surface area (Å²) in [7, 11) is 0. The molecule has 0 radical (unpaired) electrons. The van der Waals surface area contributed by atoms with Crippen LogP contribution in [0.4, 0.5) is 11.5 Å². The van der Waals surface area contributed by atoms with Crippen LogP contribution in [0.25, 0.3) is 10.9 Å². The van der Waals surface area contributed by atoms with Crippen LogP contribution in [0, 0.1) is 0 Å². The van der Waals surface area contributed by atoms with E-state index in [9.17, 15) is 4.79 Å². The molecule has 1 aliphatic carbocycles. The van der Waals surface area contributed by atoms with Gasteiger partial charge in [0.2, 0.25) is 0 Å². The molecule has 28 heavy (non-hydrogen) atoms. The van der Waals surface area contributed by atoms with Gasteiger partial charge in [-0.1, -0.05) is 12.8 Å². The van der Waals surface area contributed by atoms with Gasteiger partial charge in [-0.3, -0.25) is 9.89 Å². The number of H-pyrrole nitrogens is 1. The fourth-order valence-corrected chi connectivity index (χ4v) is 4.10. The number of rotatable bonds is 4. The molecule has 8 heteroatoms. The van der Waals surface area contributed by atoms with Gasteiger partial charge in [-0.05, 0) is 37.1 Å². The van der Waals surface area contributed by atoms with Crippen molar-refractivity contribution in [3.05, 3.63) is 47.8 Å². The van der Waals surface area contributed by atoms with Crippen molar-refractivity contribution in [2.45, 2.75) is 43.9 Å². The Morgan fingerprint density at radius 1 is 1.11 bits per heavy atom. The van der Waals surface area contributed by atoms with E-state index in [1.807, 2.05) is 24.3 Å². The molecule has 2 aliphatic rings. The molecular formula is C20H23N7O. The van der Waals surface area contributed by atoms with Gasteiger partial charge in [-0.2, -0.15) is 5.10 Å². The number of nitrogens with zero attached hydrogens (tertiary/aromatic N) is 2. The Balaban J connectivity index is 1.39. The van der Waals surface area contributed by atoms with Crippen LogP contribution in [0.2, 0.25) is 0 Å². The molecule has 2 aromatic heterocycles. The second-order valence-corrected chi connectivity index (χ2v) is 7.58. The molecule has 1 unspecified atom stereocenters. The Morgan fingerprint density at radius 3 is 2.89 bits per heavy atom. The number of nitrogens with one attached hydrogen (secondary N) is 4. The maximum absolute atomic E-state index is 12.3. The summed E-state index contributed by atoms with van der Waals surface area (Å²) in [6.45, 7) is 0. The van der Waals surface area contributed by atoms with Crippen LogP contribution in [-0.4, -0.2) is 33.2 Å². The third kappa shape index (κ3) is 3.05. The molecule has 3 heterocycles. The summed E-state index contributed by atoms with van der Waals surface area (Å²) in [5.41, 5.74) is 9.57. The van der Waals surface area contributed by atoms with E-state index in [-0.39, 0.29) is 24.2 Å². The van der Waals surface area contributed by atoms with Crippen molar-refractivity contribution in [3.8, 4) is 0 Å². The zero-order chi connectivity index (χ0) is 19.1. The molecule has 3 aromatic rings. The molecule has 1 saturated carbocycles. The van der Waals surface area contributed by atoms with Gasteiger partial charge in [0.05, 0.1) is 17.3 Å². The average molecular weight is 377 g/mol. The molecule has 1 amide bonds. The zero-order valence-electron chi connectivity index (χ0n) is 15.4. The average Bonchev–Trinajstić information content (AvgIpc) is 3.28. The molecule has 5 rings (SSSR count). The van der Waals surface area contributed by atoms with Crippen molar-refractivity contribution < 1.29 is 4.79 Å². The Labute approximate surface area is 162 Å². The summed E-state index contributed by atoms with van der Waals surface area (Å²) >= 11 is 0. The summed E-state index contributed by atoms with van der Waals surface area (Å²) in [6.07, 6.45) is 7.54. The molecule has 0 spiro atoms. The van der Waals surface area contributed by atoms with Crippen LogP contribution in [-0.2, 0) is 0 Å². The standard InChI is InChI=1S/C20H23N7O/c21-15-3-1-2-4-16(15)25-18-8-13-14(10-22-18)20(28)26-19(13)24-12-6-5-11-9-23-27-17(11)7-12/h5-10,15-16,19,24H,1-4,21H2,(H,22,25)(H,23,27)(H,26,28)/t15-,16+,19?/m0/s1. The molecule has 144 valence electrons. The number of aromatic nitrogens is 3. The summed E-state index contributed by atoms with van der Waals surface area (Å²) < 4.78 is 0. The Morgan fingerprint density at radius 2 is 2.00 bits per heavy atom. The monoisotopic (exact) mass is 377 g/mol. The fraction of sp³-hybridized carbons (Fsp3) is 0.350. The number of pyridine rings is 1. The Kier molecular flexibility index (Phi) is 4.12. The van der Waals surface area contributed by atoms with Crippen LogP contribution in [0.15, 0.2) is 36.7 Å². The molecule has 3 atom stereocenters. The first-order chi connectivity index (χ1) is 13.7. The number of fused-ring (bicyclic) bond motifs is 2. The molecule has 6 N–H and O–H groups in total. The highest BCUT2D eigenvalue weighted by atomic mass is 16.2. The molecule has 1 aliphatic heterocycles. The van der Waals surface area contributed by atoms with Gasteiger partial charge in [0.25, 0.3) is 5.91 Å². The normalized spacial score (nSPS) is 24.0. The van der Waals surface area contributed by atoms with Crippen molar-refractivity contribution in [2.24, 2.45) is 5.73 Å². The van der Waals surface area contributed by atoms with Crippen molar-refractivity contribution in [1.82, 2.24) is 20.5 Å². The number of benzene rings is 1. The number of carbonyl (C=O) groups is 1. The highest BCUT2D eigenvalue weighted by molar-refractivity contribution is 5.99. The number of hydrogen-bond donors (Lipinski definition) is 5. The van der Waals surface area contributed by atoms with E-state index in [1.54, 1.807) is 12.4 Å². The van der Waals surface area contributed by atoms with Gasteiger partial charge < -0.3 is 21.7 Å². The fourth-order valence-electron chi connectivity index (χ4n) is 4.10. The van der Waals surface area contributed by atoms with Crippen LogP contribution < -0.4 is 21.7 Å². The maximum atomic E-state index is 12.3. The summed E-state index contributed by atoms with van der Waals surface area (Å²) in [6, 6.07) is 8.25. The van der Waals surface area contributed by atoms with Gasteiger partial charge in [-0.15, -0.1) is 0 Å². The topological polar surface area (TPSA) is 121 Å². The number of anilines is 2. The van der Waals surface area contributed by atoms with E-state index in [0.717, 1.165) is 40.8 Å². The number of nitrogens with two attached hydrogens (primary N) is 1. The smallest absolute Gasteiger partial charge is 0.255 e. The Bertz CT molecular complexity index is 1030. The van der Waals surface area contributed by atoms with Crippen LogP contribution >= 0.6 is 0 Å². The first-order valence-corrected chi connectivity index (χ1v) is 9.70. The van der Waals surface area contributed by atoms with Crippen LogP contribution in [0.3, 0.4) is 0 Å². The van der Waals surface area contributed by atoms with E-state index >= 15 is 0 Å². The van der Waals surface area contributed by atoms with E-state index < -0.39 is 0 Å². The van der Waals surface area contributed by atoms with Crippen LogP contribution in [0.1, 0.15) is 47.8 Å². The van der Waals surface area contributed by atoms with Gasteiger partial charge in [0, 0.05) is 34.9 Å². The molecule has 0 bridgehead atoms. The third-order valence-electron chi connectivity index (χ3n) is 5.67. The molecule has 1 fully saturated rings. The minimum atomic E-state index is -0.313. The SMILES string of the molecule is N[C@H]1CCCC[C@H]1Nc1cc2c(cn1)C(=O)NC2Nc1ccc2cn[nH]c2c1. The lowest BCUT2D eigenvalue weighted by Gasteiger charge is -2.29. The summed E-state index contributed by atoms with van der Waals surface area (Å²) in [5, 5.41) is 17.9. The number of hydrogen-bond acceptors (Lipinski definition) is 6. The molecule has 1 aromatic carbocycles. The van der Waals surface area contributed by atoms with E-state index in [0.29, 0.717) is 5.56 Å². The van der Waals surface area contributed by atoms with E-state index in [2.05, 4.69) is 31.1 Å². The van der Waals surface area contributed by atoms with Crippen molar-refractivity contribution in [3.63, 3.8) is 0 Å². The molecule has 8 nitrogen and oxygen atoms in total. The van der Waals surface area contributed by atoms with Crippen molar-refractivity contribution in [1.29, 1.82) is 0 Å². The van der Waals surface area contributed by atoms with Crippen molar-refractivity contribution >= 4 is 28.3 Å². The second-order valence-electron chi connectivity index (χ2n) is 7.58. The minimum absolute atomic E-state index is 0.122. The van der Waals surface area contributed by atoms with Gasteiger partial charge >= 0.3 is 0 Å². The predicted molar refractivity (Wildman–Crippen MR) is 108 cm³/mol. The molecular weight excluding hydrogens is 354 g/mol. The second kappa shape index (κ2) is 6.79. The number of aromatic amines is 1. The summed E-state index contributed by atoms with van der Waals surface area (Å²) in [4.78, 5) is 16.8.